The zero-order valence-electron chi connectivity index (χ0n) is 25.1. The predicted molar refractivity (Wildman–Crippen MR) is 160 cm³/mol. The molecule has 0 aliphatic carbocycles. The first-order valence-electron chi connectivity index (χ1n) is 14.4. The van der Waals surface area contributed by atoms with Crippen LogP contribution < -0.4 is 5.32 Å². The van der Waals surface area contributed by atoms with Crippen molar-refractivity contribution in [3.8, 4) is 0 Å². The first kappa shape index (κ1) is 32.2. The minimum absolute atomic E-state index is 0.163. The van der Waals surface area contributed by atoms with Gasteiger partial charge in [-0.05, 0) is 37.5 Å². The summed E-state index contributed by atoms with van der Waals surface area (Å²) < 4.78 is 36.0. The molecule has 5 atom stereocenters. The molecule has 1 heterocycles. The van der Waals surface area contributed by atoms with Crippen LogP contribution in [0.1, 0.15) is 37.5 Å². The van der Waals surface area contributed by atoms with Gasteiger partial charge in [0.2, 0.25) is 0 Å². The van der Waals surface area contributed by atoms with E-state index in [4.69, 9.17) is 28.4 Å². The van der Waals surface area contributed by atoms with Gasteiger partial charge in [0, 0.05) is 0 Å². The van der Waals surface area contributed by atoms with E-state index >= 15 is 0 Å². The predicted octanol–water partition coefficient (Wildman–Crippen LogP) is 5.21. The molecular formula is C34H41NO8. The third kappa shape index (κ3) is 9.90. The van der Waals surface area contributed by atoms with E-state index in [2.05, 4.69) is 5.32 Å². The summed E-state index contributed by atoms with van der Waals surface area (Å²) in [5, 5.41) is 2.65. The molecule has 0 aromatic heterocycles. The van der Waals surface area contributed by atoms with E-state index in [0.29, 0.717) is 6.61 Å². The molecular weight excluding hydrogens is 550 g/mol. The summed E-state index contributed by atoms with van der Waals surface area (Å²) in [5.41, 5.74) is 2.13. The average Bonchev–Trinajstić information content (AvgIpc) is 3.34. The molecule has 1 amide bonds. The van der Waals surface area contributed by atoms with Gasteiger partial charge in [-0.1, -0.05) is 91.0 Å². The number of alkyl carbamates (subject to hydrolysis) is 1. The number of hydrogen-bond acceptors (Lipinski definition) is 8. The van der Waals surface area contributed by atoms with Gasteiger partial charge in [-0.25, -0.2) is 9.59 Å². The molecule has 1 saturated heterocycles. The van der Waals surface area contributed by atoms with Gasteiger partial charge in [-0.2, -0.15) is 0 Å². The molecule has 4 rings (SSSR count). The Labute approximate surface area is 253 Å². The van der Waals surface area contributed by atoms with Crippen LogP contribution in [0.25, 0.3) is 0 Å². The van der Waals surface area contributed by atoms with Crippen LogP contribution in [-0.2, 0) is 53.0 Å². The summed E-state index contributed by atoms with van der Waals surface area (Å²) in [6.07, 6.45) is -3.77. The van der Waals surface area contributed by atoms with Crippen LogP contribution in [0.4, 0.5) is 4.79 Å². The summed E-state index contributed by atoms with van der Waals surface area (Å²) in [4.78, 5) is 26.0. The maximum atomic E-state index is 13.1. The van der Waals surface area contributed by atoms with Crippen molar-refractivity contribution >= 4 is 12.1 Å². The molecule has 1 aliphatic rings. The van der Waals surface area contributed by atoms with Crippen molar-refractivity contribution in [2.75, 3.05) is 13.7 Å². The maximum absolute atomic E-state index is 13.1. The van der Waals surface area contributed by atoms with Gasteiger partial charge in [-0.15, -0.1) is 0 Å². The molecule has 1 N–H and O–H groups in total. The molecule has 3 aromatic rings. The minimum atomic E-state index is -1.23. The highest BCUT2D eigenvalue weighted by Crippen LogP contribution is 2.31. The van der Waals surface area contributed by atoms with Gasteiger partial charge in [-0.3, -0.25) is 0 Å². The molecule has 0 saturated carbocycles. The number of amides is 1. The van der Waals surface area contributed by atoms with Crippen molar-refractivity contribution in [2.45, 2.75) is 76.7 Å². The normalized spacial score (nSPS) is 20.7. The number of carbonyl (C=O) groups is 2. The van der Waals surface area contributed by atoms with E-state index in [1.807, 2.05) is 91.0 Å². The Kier molecular flexibility index (Phi) is 11.7. The Hall–Kier alpha value is -3.76. The van der Waals surface area contributed by atoms with Gasteiger partial charge >= 0.3 is 12.1 Å². The van der Waals surface area contributed by atoms with Crippen LogP contribution in [-0.4, -0.2) is 61.8 Å². The van der Waals surface area contributed by atoms with Crippen LogP contribution in [0.5, 0.6) is 0 Å². The van der Waals surface area contributed by atoms with E-state index < -0.39 is 48.1 Å². The topological polar surface area (TPSA) is 102 Å². The summed E-state index contributed by atoms with van der Waals surface area (Å²) in [5.74, 6) is -0.697. The second-order valence-electron chi connectivity index (χ2n) is 11.3. The standard InChI is InChI=1S/C34H41NO8/c1-34(2,3)43-33(37)35-28(32(36)38-4)30-31(41-22-26-18-12-7-13-19-26)29(40-21-25-16-10-6-11-17-25)27(42-30)23-39-20-24-14-8-5-9-15-24/h5-19,27-31H,20-23H2,1-4H3,(H,35,37)/t27-,28-,29+,30+,31-/m0/s1. The fraction of sp³-hybridized carbons (Fsp3) is 0.412. The highest BCUT2D eigenvalue weighted by atomic mass is 16.6. The smallest absolute Gasteiger partial charge is 0.408 e. The monoisotopic (exact) mass is 591 g/mol. The first-order valence-corrected chi connectivity index (χ1v) is 14.4. The SMILES string of the molecule is COC(=O)[C@@H](NC(=O)OC(C)(C)C)[C@H]1O[C@@H](COCc2ccccc2)[C@@H](OCc2ccccc2)[C@@H]1OCc1ccccc1. The Morgan fingerprint density at radius 2 is 1.26 bits per heavy atom. The molecule has 3 aromatic carbocycles. The lowest BCUT2D eigenvalue weighted by Gasteiger charge is -2.29. The Morgan fingerprint density at radius 3 is 1.74 bits per heavy atom. The Bertz CT molecular complexity index is 1270. The number of benzene rings is 3. The third-order valence-electron chi connectivity index (χ3n) is 6.77. The van der Waals surface area contributed by atoms with Crippen LogP contribution in [0.3, 0.4) is 0 Å². The number of ether oxygens (including phenoxy) is 6. The van der Waals surface area contributed by atoms with Gasteiger partial charge in [0.05, 0.1) is 33.5 Å². The summed E-state index contributed by atoms with van der Waals surface area (Å²) >= 11 is 0. The van der Waals surface area contributed by atoms with Gasteiger partial charge in [0.25, 0.3) is 0 Å². The number of rotatable bonds is 13. The van der Waals surface area contributed by atoms with Crippen LogP contribution in [0, 0.1) is 0 Å². The number of carbonyl (C=O) groups excluding carboxylic acids is 2. The Balaban J connectivity index is 1.61. The fourth-order valence-electron chi connectivity index (χ4n) is 4.79. The van der Waals surface area contributed by atoms with Gasteiger partial charge in [0.1, 0.15) is 30.0 Å². The molecule has 230 valence electrons. The third-order valence-corrected chi connectivity index (χ3v) is 6.77. The molecule has 9 heteroatoms. The molecule has 9 nitrogen and oxygen atoms in total. The van der Waals surface area contributed by atoms with Crippen molar-refractivity contribution in [1.82, 2.24) is 5.32 Å². The summed E-state index contributed by atoms with van der Waals surface area (Å²) in [6.45, 7) is 6.26. The molecule has 1 aliphatic heterocycles. The number of esters is 1. The Morgan fingerprint density at radius 1 is 0.767 bits per heavy atom. The van der Waals surface area contributed by atoms with E-state index in [-0.39, 0.29) is 19.8 Å². The molecule has 0 radical (unpaired) electrons. The highest BCUT2D eigenvalue weighted by molar-refractivity contribution is 5.82. The molecule has 0 bridgehead atoms. The summed E-state index contributed by atoms with van der Waals surface area (Å²) in [6, 6.07) is 28.0. The van der Waals surface area contributed by atoms with Crippen molar-refractivity contribution < 1.29 is 38.0 Å². The molecule has 43 heavy (non-hydrogen) atoms. The second kappa shape index (κ2) is 15.6. The second-order valence-corrected chi connectivity index (χ2v) is 11.3. The quantitative estimate of drug-likeness (QED) is 0.271. The lowest BCUT2D eigenvalue weighted by Crippen LogP contribution is -2.55. The number of nitrogens with one attached hydrogen (secondary N) is 1. The fourth-order valence-corrected chi connectivity index (χ4v) is 4.79. The zero-order chi connectivity index (χ0) is 30.7. The van der Waals surface area contributed by atoms with E-state index in [1.165, 1.54) is 7.11 Å². The lowest BCUT2D eigenvalue weighted by atomic mass is 10.0. The molecule has 0 spiro atoms. The molecule has 0 unspecified atom stereocenters. The largest absolute Gasteiger partial charge is 0.467 e. The van der Waals surface area contributed by atoms with Crippen molar-refractivity contribution in [3.63, 3.8) is 0 Å². The molecule has 1 fully saturated rings. The van der Waals surface area contributed by atoms with Crippen LogP contribution in [0.2, 0.25) is 0 Å². The van der Waals surface area contributed by atoms with Crippen molar-refractivity contribution in [1.29, 1.82) is 0 Å². The van der Waals surface area contributed by atoms with Gasteiger partial charge < -0.3 is 33.7 Å². The van der Waals surface area contributed by atoms with Crippen molar-refractivity contribution in [2.24, 2.45) is 0 Å². The van der Waals surface area contributed by atoms with E-state index in [9.17, 15) is 9.59 Å². The average molecular weight is 592 g/mol. The van der Waals surface area contributed by atoms with E-state index in [1.54, 1.807) is 20.8 Å². The van der Waals surface area contributed by atoms with Crippen LogP contribution >= 0.6 is 0 Å². The number of hydrogen-bond donors (Lipinski definition) is 1. The zero-order valence-corrected chi connectivity index (χ0v) is 25.1. The van der Waals surface area contributed by atoms with E-state index in [0.717, 1.165) is 16.7 Å². The van der Waals surface area contributed by atoms with Crippen LogP contribution in [0.15, 0.2) is 91.0 Å². The highest BCUT2D eigenvalue weighted by Gasteiger charge is 2.52. The minimum Gasteiger partial charge on any atom is -0.467 e. The lowest BCUT2D eigenvalue weighted by molar-refractivity contribution is -0.151. The first-order chi connectivity index (χ1) is 20.7. The van der Waals surface area contributed by atoms with Gasteiger partial charge in [0.15, 0.2) is 6.04 Å². The summed E-state index contributed by atoms with van der Waals surface area (Å²) in [7, 11) is 1.25. The number of methoxy groups -OCH3 is 1. The van der Waals surface area contributed by atoms with Crippen molar-refractivity contribution in [3.05, 3.63) is 108 Å². The maximum Gasteiger partial charge on any atom is 0.408 e.